The summed E-state index contributed by atoms with van der Waals surface area (Å²) in [6.07, 6.45) is -0.110. The van der Waals surface area contributed by atoms with Gasteiger partial charge in [-0.3, -0.25) is 25.0 Å². The van der Waals surface area contributed by atoms with E-state index in [-0.39, 0.29) is 36.4 Å². The van der Waals surface area contributed by atoms with Gasteiger partial charge < -0.3 is 10.4 Å². The third-order valence-electron chi connectivity index (χ3n) is 2.31. The number of nitro groups is 2. The highest BCUT2D eigenvalue weighted by Gasteiger charge is 2.18. The standard InChI is InChI=1S/C10H11N3O6/c14-10(15)3-4-11-6-7-1-2-8(12(16)17)5-9(7)13(18)19/h1-2,5,11H,3-4,6H2,(H,14,15). The number of carbonyl (C=O) groups is 1. The molecular weight excluding hydrogens is 258 g/mol. The lowest BCUT2D eigenvalue weighted by atomic mass is 10.1. The highest BCUT2D eigenvalue weighted by atomic mass is 16.6. The number of carboxylic acids is 1. The number of rotatable bonds is 7. The molecule has 1 rings (SSSR count). The van der Waals surface area contributed by atoms with Crippen molar-refractivity contribution in [1.29, 1.82) is 0 Å². The molecule has 0 saturated heterocycles. The molecule has 0 saturated carbocycles. The van der Waals surface area contributed by atoms with Crippen LogP contribution in [0.15, 0.2) is 18.2 Å². The number of aliphatic carboxylic acids is 1. The Morgan fingerprint density at radius 2 is 1.95 bits per heavy atom. The van der Waals surface area contributed by atoms with Gasteiger partial charge in [0.2, 0.25) is 0 Å². The van der Waals surface area contributed by atoms with Crippen molar-refractivity contribution in [3.8, 4) is 0 Å². The number of nitrogens with one attached hydrogen (secondary N) is 1. The van der Waals surface area contributed by atoms with Gasteiger partial charge >= 0.3 is 5.97 Å². The Labute approximate surface area is 107 Å². The minimum Gasteiger partial charge on any atom is -0.481 e. The first-order chi connectivity index (χ1) is 8.91. The monoisotopic (exact) mass is 269 g/mol. The summed E-state index contributed by atoms with van der Waals surface area (Å²) >= 11 is 0. The van der Waals surface area contributed by atoms with Gasteiger partial charge in [0.25, 0.3) is 11.4 Å². The molecule has 0 aromatic heterocycles. The molecule has 0 heterocycles. The molecule has 0 atom stereocenters. The van der Waals surface area contributed by atoms with Gasteiger partial charge in [-0.1, -0.05) is 0 Å². The summed E-state index contributed by atoms with van der Waals surface area (Å²) in [7, 11) is 0. The van der Waals surface area contributed by atoms with Gasteiger partial charge in [-0.25, -0.2) is 0 Å². The zero-order valence-corrected chi connectivity index (χ0v) is 9.74. The Kier molecular flexibility index (Phi) is 4.89. The Morgan fingerprint density at radius 3 is 2.47 bits per heavy atom. The summed E-state index contributed by atoms with van der Waals surface area (Å²) in [6, 6.07) is 3.33. The van der Waals surface area contributed by atoms with Crippen LogP contribution in [0.3, 0.4) is 0 Å². The Balaban J connectivity index is 2.79. The van der Waals surface area contributed by atoms with Crippen LogP contribution < -0.4 is 5.32 Å². The minimum absolute atomic E-state index is 0.0710. The minimum atomic E-state index is -0.981. The number of hydrogen-bond donors (Lipinski definition) is 2. The second-order valence-electron chi connectivity index (χ2n) is 3.65. The first kappa shape index (κ1) is 14.5. The fourth-order valence-electron chi connectivity index (χ4n) is 1.40. The maximum atomic E-state index is 10.8. The molecule has 0 spiro atoms. The van der Waals surface area contributed by atoms with E-state index in [0.29, 0.717) is 0 Å². The largest absolute Gasteiger partial charge is 0.481 e. The predicted molar refractivity (Wildman–Crippen MR) is 63.7 cm³/mol. The second-order valence-corrected chi connectivity index (χ2v) is 3.65. The number of nitrogens with zero attached hydrogens (tertiary/aromatic N) is 2. The van der Waals surface area contributed by atoms with Crippen LogP contribution >= 0.6 is 0 Å². The molecule has 0 fully saturated rings. The van der Waals surface area contributed by atoms with Gasteiger partial charge in [0.15, 0.2) is 0 Å². The van der Waals surface area contributed by atoms with Crippen molar-refractivity contribution in [3.05, 3.63) is 44.0 Å². The number of carboxylic acid groups (broad SMARTS) is 1. The van der Waals surface area contributed by atoms with Crippen LogP contribution in [0, 0.1) is 20.2 Å². The molecule has 0 radical (unpaired) electrons. The number of non-ortho nitro benzene ring substituents is 1. The number of nitro benzene ring substituents is 2. The molecule has 0 amide bonds. The molecule has 0 aliphatic rings. The molecule has 9 nitrogen and oxygen atoms in total. The molecular formula is C10H11N3O6. The van der Waals surface area contributed by atoms with E-state index >= 15 is 0 Å². The van der Waals surface area contributed by atoms with Gasteiger partial charge in [0, 0.05) is 24.7 Å². The average molecular weight is 269 g/mol. The summed E-state index contributed by atoms with van der Waals surface area (Å²) in [4.78, 5) is 30.2. The lowest BCUT2D eigenvalue weighted by Crippen LogP contribution is -2.18. The van der Waals surface area contributed by atoms with Gasteiger partial charge in [0.05, 0.1) is 22.3 Å². The number of benzene rings is 1. The van der Waals surface area contributed by atoms with Crippen molar-refractivity contribution in [2.45, 2.75) is 13.0 Å². The van der Waals surface area contributed by atoms with Crippen LogP contribution in [0.5, 0.6) is 0 Å². The maximum Gasteiger partial charge on any atom is 0.304 e. The van der Waals surface area contributed by atoms with E-state index in [4.69, 9.17) is 5.11 Å². The molecule has 2 N–H and O–H groups in total. The van der Waals surface area contributed by atoms with Crippen LogP contribution in [-0.4, -0.2) is 27.5 Å². The topological polar surface area (TPSA) is 136 Å². The summed E-state index contributed by atoms with van der Waals surface area (Å²) in [6.45, 7) is 0.227. The zero-order chi connectivity index (χ0) is 14.4. The van der Waals surface area contributed by atoms with Crippen molar-refractivity contribution in [2.24, 2.45) is 0 Å². The van der Waals surface area contributed by atoms with Crippen molar-refractivity contribution < 1.29 is 19.7 Å². The molecule has 9 heteroatoms. The summed E-state index contributed by atoms with van der Waals surface area (Å²) in [5, 5.41) is 32.5. The van der Waals surface area contributed by atoms with Crippen LogP contribution in [0.1, 0.15) is 12.0 Å². The van der Waals surface area contributed by atoms with E-state index in [1.165, 1.54) is 12.1 Å². The maximum absolute atomic E-state index is 10.8. The zero-order valence-electron chi connectivity index (χ0n) is 9.74. The van der Waals surface area contributed by atoms with Crippen LogP contribution in [0.2, 0.25) is 0 Å². The molecule has 1 aromatic rings. The van der Waals surface area contributed by atoms with Crippen LogP contribution in [0.4, 0.5) is 11.4 Å². The molecule has 1 aromatic carbocycles. The third kappa shape index (κ3) is 4.32. The third-order valence-corrected chi connectivity index (χ3v) is 2.31. The first-order valence-electron chi connectivity index (χ1n) is 5.26. The quantitative estimate of drug-likeness (QED) is 0.429. The highest BCUT2D eigenvalue weighted by molar-refractivity contribution is 5.66. The van der Waals surface area contributed by atoms with Gasteiger partial charge in [0.1, 0.15) is 0 Å². The average Bonchev–Trinajstić information content (AvgIpc) is 2.34. The fraction of sp³-hybridized carbons (Fsp3) is 0.300. The Morgan fingerprint density at radius 1 is 1.26 bits per heavy atom. The van der Waals surface area contributed by atoms with Crippen LogP contribution in [-0.2, 0) is 11.3 Å². The lowest BCUT2D eigenvalue weighted by molar-refractivity contribution is -0.394. The predicted octanol–water partition coefficient (Wildman–Crippen LogP) is 1.07. The molecule has 19 heavy (non-hydrogen) atoms. The summed E-state index contributed by atoms with van der Waals surface area (Å²) < 4.78 is 0. The fourth-order valence-corrected chi connectivity index (χ4v) is 1.40. The Bertz CT molecular complexity index is 516. The molecule has 0 aliphatic heterocycles. The first-order valence-corrected chi connectivity index (χ1v) is 5.26. The molecule has 0 bridgehead atoms. The van der Waals surface area contributed by atoms with Crippen LogP contribution in [0.25, 0.3) is 0 Å². The highest BCUT2D eigenvalue weighted by Crippen LogP contribution is 2.24. The molecule has 0 aliphatic carbocycles. The van der Waals surface area contributed by atoms with Gasteiger partial charge in [-0.05, 0) is 6.07 Å². The second kappa shape index (κ2) is 6.40. The van der Waals surface area contributed by atoms with E-state index in [1.54, 1.807) is 0 Å². The van der Waals surface area contributed by atoms with E-state index < -0.39 is 15.8 Å². The van der Waals surface area contributed by atoms with Gasteiger partial charge in [-0.15, -0.1) is 0 Å². The SMILES string of the molecule is O=C(O)CCNCc1ccc([N+](=O)[O-])cc1[N+](=O)[O-]. The number of hydrogen-bond acceptors (Lipinski definition) is 6. The molecule has 102 valence electrons. The van der Waals surface area contributed by atoms with Gasteiger partial charge in [-0.2, -0.15) is 0 Å². The summed E-state index contributed by atoms with van der Waals surface area (Å²) in [5.74, 6) is -0.981. The van der Waals surface area contributed by atoms with E-state index in [0.717, 1.165) is 6.07 Å². The summed E-state index contributed by atoms with van der Waals surface area (Å²) in [5.41, 5.74) is -0.459. The normalized spacial score (nSPS) is 10.1. The van der Waals surface area contributed by atoms with Crippen molar-refractivity contribution in [2.75, 3.05) is 6.54 Å². The Hall–Kier alpha value is -2.55. The van der Waals surface area contributed by atoms with Crippen molar-refractivity contribution >= 4 is 17.3 Å². The van der Waals surface area contributed by atoms with E-state index in [1.807, 2.05) is 0 Å². The van der Waals surface area contributed by atoms with E-state index in [2.05, 4.69) is 5.32 Å². The van der Waals surface area contributed by atoms with Crippen molar-refractivity contribution in [3.63, 3.8) is 0 Å². The van der Waals surface area contributed by atoms with Crippen molar-refractivity contribution in [1.82, 2.24) is 5.32 Å². The smallest absolute Gasteiger partial charge is 0.304 e. The molecule has 0 unspecified atom stereocenters. The lowest BCUT2D eigenvalue weighted by Gasteiger charge is -2.04. The van der Waals surface area contributed by atoms with E-state index in [9.17, 15) is 25.0 Å².